The molecule has 1 aromatic carbocycles. The summed E-state index contributed by atoms with van der Waals surface area (Å²) in [4.78, 5) is 15.1. The predicted molar refractivity (Wildman–Crippen MR) is 131 cm³/mol. The zero-order valence-electron chi connectivity index (χ0n) is 19.3. The number of anilines is 1. The highest BCUT2D eigenvalue weighted by Crippen LogP contribution is 2.22. The number of morpholine rings is 1. The molecule has 7 heteroatoms. The van der Waals surface area contributed by atoms with Crippen LogP contribution in [0.4, 0.5) is 5.82 Å². The van der Waals surface area contributed by atoms with Crippen molar-refractivity contribution in [1.82, 2.24) is 20.6 Å². The van der Waals surface area contributed by atoms with Crippen LogP contribution >= 0.6 is 0 Å². The van der Waals surface area contributed by atoms with Gasteiger partial charge in [0.15, 0.2) is 5.96 Å². The zero-order valence-corrected chi connectivity index (χ0v) is 19.3. The Balaban J connectivity index is 1.38. The quantitative estimate of drug-likeness (QED) is 0.392. The van der Waals surface area contributed by atoms with Crippen LogP contribution in [0.25, 0.3) is 10.9 Å². The number of benzene rings is 1. The number of rotatable bonds is 7. The minimum Gasteiger partial charge on any atom is -0.375 e. The van der Waals surface area contributed by atoms with E-state index in [2.05, 4.69) is 76.6 Å². The number of aliphatic imine (C=N–C) groups is 1. The third-order valence-electron chi connectivity index (χ3n) is 5.83. The van der Waals surface area contributed by atoms with Gasteiger partial charge in [-0.2, -0.15) is 0 Å². The first-order valence-corrected chi connectivity index (χ1v) is 11.5. The van der Waals surface area contributed by atoms with Crippen molar-refractivity contribution in [2.24, 2.45) is 4.99 Å². The lowest BCUT2D eigenvalue weighted by Crippen LogP contribution is -2.41. The Bertz CT molecular complexity index is 1060. The lowest BCUT2D eigenvalue weighted by atomic mass is 10.1. The number of fused-ring (bicyclic) bond motifs is 1. The molecule has 0 aliphatic carbocycles. The van der Waals surface area contributed by atoms with Gasteiger partial charge in [-0.05, 0) is 56.5 Å². The molecule has 1 aliphatic rings. The highest BCUT2D eigenvalue weighted by atomic mass is 16.5. The Labute approximate surface area is 190 Å². The summed E-state index contributed by atoms with van der Waals surface area (Å²) in [5.41, 5.74) is 4.95. The van der Waals surface area contributed by atoms with Gasteiger partial charge in [0, 0.05) is 49.0 Å². The van der Waals surface area contributed by atoms with Crippen molar-refractivity contribution in [3.05, 3.63) is 59.4 Å². The molecule has 2 aromatic heterocycles. The normalized spacial score (nSPS) is 17.0. The van der Waals surface area contributed by atoms with Crippen LogP contribution in [-0.4, -0.2) is 54.8 Å². The number of hydrogen-bond acceptors (Lipinski definition) is 4. The monoisotopic (exact) mass is 434 g/mol. The third-order valence-corrected chi connectivity index (χ3v) is 5.83. The highest BCUT2D eigenvalue weighted by Gasteiger charge is 2.18. The maximum absolute atomic E-state index is 5.65. The fourth-order valence-electron chi connectivity index (χ4n) is 4.23. The maximum atomic E-state index is 5.65. The third kappa shape index (κ3) is 5.40. The van der Waals surface area contributed by atoms with Gasteiger partial charge in [0.25, 0.3) is 0 Å². The van der Waals surface area contributed by atoms with E-state index in [1.165, 1.54) is 22.2 Å². The van der Waals surface area contributed by atoms with Crippen molar-refractivity contribution in [3.8, 4) is 0 Å². The number of aryl methyl sites for hydroxylation is 1. The first-order chi connectivity index (χ1) is 15.6. The number of aromatic amines is 1. The van der Waals surface area contributed by atoms with E-state index in [1.807, 2.05) is 12.3 Å². The molecule has 1 atom stereocenters. The van der Waals surface area contributed by atoms with Crippen LogP contribution < -0.4 is 15.5 Å². The molecule has 7 nitrogen and oxygen atoms in total. The van der Waals surface area contributed by atoms with Crippen molar-refractivity contribution >= 4 is 22.7 Å². The number of H-pyrrole nitrogens is 1. The predicted octanol–water partition coefficient (Wildman–Crippen LogP) is 3.39. The number of hydrogen-bond donors (Lipinski definition) is 3. The zero-order chi connectivity index (χ0) is 22.3. The van der Waals surface area contributed by atoms with Crippen molar-refractivity contribution in [1.29, 1.82) is 0 Å². The van der Waals surface area contributed by atoms with Crippen LogP contribution in [0.1, 0.15) is 30.7 Å². The summed E-state index contributed by atoms with van der Waals surface area (Å²) in [6.45, 7) is 11.1. The highest BCUT2D eigenvalue weighted by molar-refractivity contribution is 5.84. The molecule has 0 amide bonds. The number of ether oxygens (including phenoxy) is 1. The van der Waals surface area contributed by atoms with Gasteiger partial charge in [0.2, 0.25) is 0 Å². The number of nitrogens with one attached hydrogen (secondary N) is 3. The van der Waals surface area contributed by atoms with E-state index in [0.29, 0.717) is 6.54 Å². The van der Waals surface area contributed by atoms with E-state index in [9.17, 15) is 0 Å². The van der Waals surface area contributed by atoms with E-state index >= 15 is 0 Å². The minimum absolute atomic E-state index is 0.234. The van der Waals surface area contributed by atoms with E-state index in [-0.39, 0.29) is 6.10 Å². The van der Waals surface area contributed by atoms with Gasteiger partial charge >= 0.3 is 0 Å². The summed E-state index contributed by atoms with van der Waals surface area (Å²) in [7, 11) is 0. The molecule has 0 radical (unpaired) electrons. The minimum atomic E-state index is 0.234. The molecule has 3 N–H and O–H groups in total. The summed E-state index contributed by atoms with van der Waals surface area (Å²) in [6.07, 6.45) is 3.05. The van der Waals surface area contributed by atoms with Crippen LogP contribution in [0, 0.1) is 6.92 Å². The van der Waals surface area contributed by atoms with Crippen molar-refractivity contribution in [3.63, 3.8) is 0 Å². The number of pyridine rings is 1. The van der Waals surface area contributed by atoms with Crippen molar-refractivity contribution in [2.45, 2.75) is 39.8 Å². The molecule has 170 valence electrons. The van der Waals surface area contributed by atoms with Gasteiger partial charge in [-0.25, -0.2) is 9.98 Å². The molecule has 0 saturated carbocycles. The average Bonchev–Trinajstić information content (AvgIpc) is 3.13. The average molecular weight is 435 g/mol. The van der Waals surface area contributed by atoms with Crippen molar-refractivity contribution in [2.75, 3.05) is 37.7 Å². The second-order valence-corrected chi connectivity index (χ2v) is 8.30. The van der Waals surface area contributed by atoms with Crippen LogP contribution in [0.3, 0.4) is 0 Å². The van der Waals surface area contributed by atoms with Crippen LogP contribution in [0.5, 0.6) is 0 Å². The van der Waals surface area contributed by atoms with E-state index in [0.717, 1.165) is 56.5 Å². The van der Waals surface area contributed by atoms with Gasteiger partial charge in [0.05, 0.1) is 19.3 Å². The number of para-hydroxylation sites is 1. The Morgan fingerprint density at radius 2 is 2.16 bits per heavy atom. The largest absolute Gasteiger partial charge is 0.375 e. The smallest absolute Gasteiger partial charge is 0.191 e. The molecule has 0 spiro atoms. The fraction of sp³-hybridized carbons (Fsp3) is 0.440. The summed E-state index contributed by atoms with van der Waals surface area (Å²) in [5.74, 6) is 1.84. The molecular formula is C25H34N6O. The first kappa shape index (κ1) is 22.1. The fourth-order valence-corrected chi connectivity index (χ4v) is 4.23. The van der Waals surface area contributed by atoms with Crippen LogP contribution in [0.2, 0.25) is 0 Å². The first-order valence-electron chi connectivity index (χ1n) is 11.5. The van der Waals surface area contributed by atoms with Crippen LogP contribution in [-0.2, 0) is 17.7 Å². The molecule has 1 saturated heterocycles. The lowest BCUT2D eigenvalue weighted by Gasteiger charge is -2.32. The maximum Gasteiger partial charge on any atom is 0.191 e. The summed E-state index contributed by atoms with van der Waals surface area (Å²) < 4.78 is 5.65. The molecule has 3 heterocycles. The molecule has 0 bridgehead atoms. The molecule has 3 aromatic rings. The van der Waals surface area contributed by atoms with Gasteiger partial charge in [0.1, 0.15) is 5.82 Å². The van der Waals surface area contributed by atoms with E-state index in [1.54, 1.807) is 0 Å². The van der Waals surface area contributed by atoms with Gasteiger partial charge in [-0.1, -0.05) is 18.2 Å². The summed E-state index contributed by atoms with van der Waals surface area (Å²) in [5, 5.41) is 8.15. The summed E-state index contributed by atoms with van der Waals surface area (Å²) >= 11 is 0. The molecule has 1 fully saturated rings. The van der Waals surface area contributed by atoms with Crippen LogP contribution in [0.15, 0.2) is 47.6 Å². The lowest BCUT2D eigenvalue weighted by molar-refractivity contribution is 0.0529. The number of aromatic nitrogens is 2. The molecule has 1 unspecified atom stereocenters. The topological polar surface area (TPSA) is 77.6 Å². The second kappa shape index (κ2) is 10.5. The molecule has 32 heavy (non-hydrogen) atoms. The molecule has 1 aliphatic heterocycles. The number of nitrogens with zero attached hydrogens (tertiary/aromatic N) is 3. The Morgan fingerprint density at radius 1 is 1.28 bits per heavy atom. The van der Waals surface area contributed by atoms with Gasteiger partial charge in [-0.3, -0.25) is 0 Å². The van der Waals surface area contributed by atoms with Gasteiger partial charge in [-0.15, -0.1) is 0 Å². The summed E-state index contributed by atoms with van der Waals surface area (Å²) in [6, 6.07) is 12.7. The molecule has 4 rings (SSSR count). The van der Waals surface area contributed by atoms with E-state index < -0.39 is 0 Å². The van der Waals surface area contributed by atoms with E-state index in [4.69, 9.17) is 9.73 Å². The molecular weight excluding hydrogens is 400 g/mol. The number of guanidine groups is 1. The Kier molecular flexibility index (Phi) is 7.27. The van der Waals surface area contributed by atoms with Crippen molar-refractivity contribution < 1.29 is 4.74 Å². The standard InChI is InChI=1S/C25H34N6O/c1-4-26-25(28-12-10-21-19(3)30-23-8-6-5-7-22(21)23)29-16-20-9-11-27-24(15-20)31-13-14-32-18(2)17-31/h5-9,11,15,18,30H,4,10,12-14,16-17H2,1-3H3,(H2,26,28,29). The Morgan fingerprint density at radius 3 is 3.00 bits per heavy atom. The second-order valence-electron chi connectivity index (χ2n) is 8.30. The Hall–Kier alpha value is -3.06. The SMILES string of the molecule is CCNC(=NCc1ccnc(N2CCOC(C)C2)c1)NCCc1c(C)[nH]c2ccccc12. The van der Waals surface area contributed by atoms with Gasteiger partial charge < -0.3 is 25.3 Å².